The van der Waals surface area contributed by atoms with Crippen LogP contribution in [0.3, 0.4) is 0 Å². The van der Waals surface area contributed by atoms with Gasteiger partial charge in [0.15, 0.2) is 0 Å². The fourth-order valence-electron chi connectivity index (χ4n) is 3.97. The van der Waals surface area contributed by atoms with Gasteiger partial charge in [-0.1, -0.05) is 49.4 Å². The van der Waals surface area contributed by atoms with E-state index in [9.17, 15) is 4.79 Å². The van der Waals surface area contributed by atoms with Crippen molar-refractivity contribution in [2.75, 3.05) is 31.1 Å². The van der Waals surface area contributed by atoms with Crippen LogP contribution in [0.2, 0.25) is 0 Å². The molecule has 7 heteroatoms. The largest absolute Gasteiger partial charge is 0.384 e. The molecule has 0 spiro atoms. The highest BCUT2D eigenvalue weighted by Crippen LogP contribution is 2.24. The van der Waals surface area contributed by atoms with Gasteiger partial charge >= 0.3 is 0 Å². The second kappa shape index (κ2) is 10.3. The minimum atomic E-state index is 0. The van der Waals surface area contributed by atoms with Gasteiger partial charge in [0.05, 0.1) is 5.56 Å². The van der Waals surface area contributed by atoms with E-state index in [1.54, 1.807) is 6.20 Å². The number of halogens is 1. The zero-order valence-electron chi connectivity index (χ0n) is 18.1. The Hall–Kier alpha value is -3.38. The fraction of sp³-hybridized carbons (Fsp3) is 0.240. The first kappa shape index (κ1) is 23.3. The van der Waals surface area contributed by atoms with Gasteiger partial charge in [0, 0.05) is 55.7 Å². The van der Waals surface area contributed by atoms with E-state index in [-0.39, 0.29) is 30.1 Å². The lowest BCUT2D eigenvalue weighted by molar-refractivity contribution is 0.0746. The summed E-state index contributed by atoms with van der Waals surface area (Å²) in [7, 11) is 0. The van der Waals surface area contributed by atoms with Crippen molar-refractivity contribution in [3.63, 3.8) is 0 Å². The lowest BCUT2D eigenvalue weighted by Crippen LogP contribution is -2.48. The fourth-order valence-corrected chi connectivity index (χ4v) is 3.97. The van der Waals surface area contributed by atoms with E-state index in [0.29, 0.717) is 24.2 Å². The smallest absolute Gasteiger partial charge is 0.255 e. The number of amidine groups is 1. The number of aromatic nitrogens is 1. The number of rotatable bonds is 5. The summed E-state index contributed by atoms with van der Waals surface area (Å²) in [6, 6.07) is 19.9. The van der Waals surface area contributed by atoms with E-state index in [2.05, 4.69) is 28.9 Å². The monoisotopic (exact) mass is 449 g/mol. The summed E-state index contributed by atoms with van der Waals surface area (Å²) < 4.78 is 0. The molecular weight excluding hydrogens is 422 g/mol. The molecule has 1 amide bonds. The van der Waals surface area contributed by atoms with Crippen LogP contribution >= 0.6 is 12.4 Å². The molecule has 0 radical (unpaired) electrons. The van der Waals surface area contributed by atoms with E-state index in [4.69, 9.17) is 11.1 Å². The Bertz CT molecular complexity index is 1080. The third kappa shape index (κ3) is 5.08. The predicted molar refractivity (Wildman–Crippen MR) is 131 cm³/mol. The molecule has 1 unspecified atom stereocenters. The Kier molecular flexibility index (Phi) is 7.49. The van der Waals surface area contributed by atoms with Crippen molar-refractivity contribution in [2.45, 2.75) is 12.8 Å². The highest BCUT2D eigenvalue weighted by Gasteiger charge is 2.23. The zero-order valence-corrected chi connectivity index (χ0v) is 18.9. The molecule has 4 rings (SSSR count). The van der Waals surface area contributed by atoms with Gasteiger partial charge in [-0.15, -0.1) is 12.4 Å². The number of nitrogens with one attached hydrogen (secondary N) is 1. The van der Waals surface area contributed by atoms with Gasteiger partial charge in [-0.2, -0.15) is 0 Å². The molecule has 2 aromatic carbocycles. The van der Waals surface area contributed by atoms with Gasteiger partial charge in [0.25, 0.3) is 5.91 Å². The first-order valence-corrected chi connectivity index (χ1v) is 10.5. The maximum Gasteiger partial charge on any atom is 0.255 e. The van der Waals surface area contributed by atoms with E-state index in [1.165, 1.54) is 5.56 Å². The van der Waals surface area contributed by atoms with Gasteiger partial charge in [-0.25, -0.2) is 0 Å². The summed E-state index contributed by atoms with van der Waals surface area (Å²) >= 11 is 0. The molecule has 1 fully saturated rings. The second-order valence-corrected chi connectivity index (χ2v) is 7.88. The van der Waals surface area contributed by atoms with Gasteiger partial charge in [0.1, 0.15) is 5.84 Å². The van der Waals surface area contributed by atoms with Crippen molar-refractivity contribution in [1.29, 1.82) is 5.41 Å². The Labute approximate surface area is 195 Å². The van der Waals surface area contributed by atoms with Crippen LogP contribution in [0.1, 0.15) is 39.9 Å². The van der Waals surface area contributed by atoms with Crippen LogP contribution in [0.15, 0.2) is 73.1 Å². The number of nitrogens with zero attached hydrogens (tertiary/aromatic N) is 3. The molecule has 32 heavy (non-hydrogen) atoms. The summed E-state index contributed by atoms with van der Waals surface area (Å²) in [6.07, 6.45) is 3.50. The molecule has 0 saturated carbocycles. The highest BCUT2D eigenvalue weighted by molar-refractivity contribution is 5.96. The van der Waals surface area contributed by atoms with Crippen molar-refractivity contribution in [2.24, 2.45) is 5.73 Å². The summed E-state index contributed by atoms with van der Waals surface area (Å²) in [4.78, 5) is 21.6. The van der Waals surface area contributed by atoms with E-state index >= 15 is 0 Å². The summed E-state index contributed by atoms with van der Waals surface area (Å²) in [5.74, 6) is 0.256. The Morgan fingerprint density at radius 3 is 2.34 bits per heavy atom. The third-order valence-electron chi connectivity index (χ3n) is 5.90. The van der Waals surface area contributed by atoms with E-state index < -0.39 is 0 Å². The molecule has 1 saturated heterocycles. The molecular formula is C25H28ClN5O. The molecule has 1 aliphatic heterocycles. The van der Waals surface area contributed by atoms with Crippen molar-refractivity contribution in [3.05, 3.63) is 95.3 Å². The number of piperazine rings is 1. The lowest BCUT2D eigenvalue weighted by Gasteiger charge is -2.36. The summed E-state index contributed by atoms with van der Waals surface area (Å²) in [6.45, 7) is 4.89. The van der Waals surface area contributed by atoms with Crippen LogP contribution in [0, 0.1) is 5.41 Å². The molecule has 2 heterocycles. The molecule has 3 aromatic rings. The van der Waals surface area contributed by atoms with Crippen LogP contribution in [0.5, 0.6) is 0 Å². The number of nitrogens with two attached hydrogens (primary N) is 1. The molecule has 6 nitrogen and oxygen atoms in total. The first-order valence-electron chi connectivity index (χ1n) is 10.5. The van der Waals surface area contributed by atoms with Crippen molar-refractivity contribution < 1.29 is 4.79 Å². The predicted octanol–water partition coefficient (Wildman–Crippen LogP) is 3.90. The number of carbonyl (C=O) groups excluding carboxylic acids is 1. The molecule has 1 atom stereocenters. The summed E-state index contributed by atoms with van der Waals surface area (Å²) in [5, 5.41) is 7.63. The minimum absolute atomic E-state index is 0. The van der Waals surface area contributed by atoms with Gasteiger partial charge in [-0.05, 0) is 29.3 Å². The van der Waals surface area contributed by atoms with Crippen molar-refractivity contribution >= 4 is 29.8 Å². The highest BCUT2D eigenvalue weighted by atomic mass is 35.5. The van der Waals surface area contributed by atoms with Crippen LogP contribution in [-0.4, -0.2) is 47.8 Å². The molecule has 0 bridgehead atoms. The van der Waals surface area contributed by atoms with Crippen molar-refractivity contribution in [1.82, 2.24) is 9.88 Å². The average molecular weight is 450 g/mol. The van der Waals surface area contributed by atoms with Crippen molar-refractivity contribution in [3.8, 4) is 0 Å². The second-order valence-electron chi connectivity index (χ2n) is 7.88. The number of hydrogen-bond donors (Lipinski definition) is 2. The van der Waals surface area contributed by atoms with Gasteiger partial charge in [-0.3, -0.25) is 15.2 Å². The topological polar surface area (TPSA) is 86.3 Å². The standard InChI is InChI=1S/C25H27N5O.ClH/c1-18(19-6-3-2-4-7-19)21-14-22(17-28-16-21)25(31)30-12-10-29(11-13-30)23-9-5-8-20(15-23)24(26)27;/h2-9,14-18H,10-13H2,1H3,(H3,26,27);1H. The van der Waals surface area contributed by atoms with Gasteiger partial charge in [0.2, 0.25) is 0 Å². The number of pyridine rings is 1. The Morgan fingerprint density at radius 1 is 0.938 bits per heavy atom. The molecule has 0 aliphatic carbocycles. The Balaban J connectivity index is 0.00000289. The minimum Gasteiger partial charge on any atom is -0.384 e. The number of benzene rings is 2. The normalized spacial score (nSPS) is 14.4. The Morgan fingerprint density at radius 2 is 1.66 bits per heavy atom. The van der Waals surface area contributed by atoms with Crippen LogP contribution in [-0.2, 0) is 0 Å². The van der Waals surface area contributed by atoms with Crippen LogP contribution < -0.4 is 10.6 Å². The number of amides is 1. The molecule has 3 N–H and O–H groups in total. The van der Waals surface area contributed by atoms with E-state index in [1.807, 2.05) is 59.6 Å². The van der Waals surface area contributed by atoms with Crippen LogP contribution in [0.4, 0.5) is 5.69 Å². The average Bonchev–Trinajstić information content (AvgIpc) is 2.84. The number of hydrogen-bond acceptors (Lipinski definition) is 4. The molecule has 166 valence electrons. The lowest BCUT2D eigenvalue weighted by atomic mass is 9.93. The number of carbonyl (C=O) groups is 1. The van der Waals surface area contributed by atoms with Crippen LogP contribution in [0.25, 0.3) is 0 Å². The van der Waals surface area contributed by atoms with E-state index in [0.717, 1.165) is 24.3 Å². The van der Waals surface area contributed by atoms with Gasteiger partial charge < -0.3 is 15.5 Å². The number of anilines is 1. The maximum atomic E-state index is 13.1. The first-order chi connectivity index (χ1) is 15.0. The maximum absolute atomic E-state index is 13.1. The SMILES string of the molecule is CC(c1ccccc1)c1cncc(C(=O)N2CCN(c3cccc(C(=N)N)c3)CC2)c1.Cl. The summed E-state index contributed by atoms with van der Waals surface area (Å²) in [5.41, 5.74) is 10.2. The molecule has 1 aliphatic rings. The third-order valence-corrected chi connectivity index (χ3v) is 5.90. The zero-order chi connectivity index (χ0) is 21.8. The quantitative estimate of drug-likeness (QED) is 0.457. The number of nitrogen functional groups attached to an aromatic ring is 1. The molecule has 1 aromatic heterocycles.